The van der Waals surface area contributed by atoms with E-state index in [1.165, 1.54) is 0 Å². The van der Waals surface area contributed by atoms with Crippen molar-refractivity contribution in [2.45, 2.75) is 38.8 Å². The normalized spacial score (nSPS) is 24.6. The van der Waals surface area contributed by atoms with Crippen molar-refractivity contribution in [1.29, 1.82) is 0 Å². The highest BCUT2D eigenvalue weighted by molar-refractivity contribution is 6.32. The molecule has 0 spiro atoms. The summed E-state index contributed by atoms with van der Waals surface area (Å²) in [5, 5.41) is 4.26. The van der Waals surface area contributed by atoms with Crippen LogP contribution in [-0.2, 0) is 11.3 Å². The van der Waals surface area contributed by atoms with E-state index in [1.807, 2.05) is 18.2 Å². The van der Waals surface area contributed by atoms with Gasteiger partial charge in [0.25, 0.3) is 0 Å². The van der Waals surface area contributed by atoms with Gasteiger partial charge in [0, 0.05) is 31.6 Å². The highest BCUT2D eigenvalue weighted by Crippen LogP contribution is 2.32. The first kappa shape index (κ1) is 16.6. The Bertz CT molecular complexity index is 574. The van der Waals surface area contributed by atoms with Gasteiger partial charge >= 0.3 is 0 Å². The quantitative estimate of drug-likeness (QED) is 0.898. The Kier molecular flexibility index (Phi) is 5.12. The highest BCUT2D eigenvalue weighted by atomic mass is 35.5. The van der Waals surface area contributed by atoms with Crippen molar-refractivity contribution in [3.63, 3.8) is 0 Å². The zero-order chi connectivity index (χ0) is 16.4. The SMILES string of the molecule is COc1ccc(CNC2CCN(C(=O)C3CC3)CC2C)cc1Cl. The average Bonchev–Trinajstić information content (AvgIpc) is 3.38. The molecule has 2 aliphatic rings. The van der Waals surface area contributed by atoms with Crippen molar-refractivity contribution >= 4 is 17.5 Å². The second-order valence-corrected chi connectivity index (χ2v) is 7.19. The fourth-order valence-electron chi connectivity index (χ4n) is 3.31. The second kappa shape index (κ2) is 7.10. The number of piperidine rings is 1. The monoisotopic (exact) mass is 336 g/mol. The van der Waals surface area contributed by atoms with E-state index < -0.39 is 0 Å². The van der Waals surface area contributed by atoms with Crippen molar-refractivity contribution in [3.05, 3.63) is 28.8 Å². The van der Waals surface area contributed by atoms with Gasteiger partial charge in [-0.25, -0.2) is 0 Å². The number of likely N-dealkylation sites (tertiary alicyclic amines) is 1. The molecule has 0 bridgehead atoms. The molecule has 126 valence electrons. The largest absolute Gasteiger partial charge is 0.495 e. The molecule has 5 heteroatoms. The standard InChI is InChI=1S/C18H25ClN2O2/c1-12-11-21(18(22)14-4-5-14)8-7-16(12)20-10-13-3-6-17(23-2)15(19)9-13/h3,6,9,12,14,16,20H,4-5,7-8,10-11H2,1-2H3. The van der Waals surface area contributed by atoms with Crippen LogP contribution in [0.3, 0.4) is 0 Å². The first-order valence-corrected chi connectivity index (χ1v) is 8.81. The Hall–Kier alpha value is -1.26. The smallest absolute Gasteiger partial charge is 0.225 e. The summed E-state index contributed by atoms with van der Waals surface area (Å²) in [6, 6.07) is 6.33. The summed E-state index contributed by atoms with van der Waals surface area (Å²) < 4.78 is 5.18. The molecule has 2 fully saturated rings. The molecule has 1 aliphatic heterocycles. The molecule has 0 radical (unpaired) electrons. The van der Waals surface area contributed by atoms with Crippen molar-refractivity contribution in [2.24, 2.45) is 11.8 Å². The first-order chi connectivity index (χ1) is 11.1. The zero-order valence-corrected chi connectivity index (χ0v) is 14.6. The number of nitrogens with one attached hydrogen (secondary N) is 1. The Labute approximate surface area is 143 Å². The minimum Gasteiger partial charge on any atom is -0.495 e. The predicted molar refractivity (Wildman–Crippen MR) is 91.7 cm³/mol. The van der Waals surface area contributed by atoms with E-state index in [9.17, 15) is 4.79 Å². The van der Waals surface area contributed by atoms with Gasteiger partial charge in [-0.1, -0.05) is 24.6 Å². The van der Waals surface area contributed by atoms with Gasteiger partial charge in [0.1, 0.15) is 5.75 Å². The summed E-state index contributed by atoms with van der Waals surface area (Å²) in [5.74, 6) is 1.88. The Morgan fingerprint density at radius 2 is 2.17 bits per heavy atom. The van der Waals surface area contributed by atoms with Gasteiger partial charge in [-0.3, -0.25) is 4.79 Å². The Morgan fingerprint density at radius 3 is 2.78 bits per heavy atom. The minimum atomic E-state index is 0.327. The van der Waals surface area contributed by atoms with Crippen molar-refractivity contribution in [2.75, 3.05) is 20.2 Å². The van der Waals surface area contributed by atoms with E-state index in [2.05, 4.69) is 17.1 Å². The number of carbonyl (C=O) groups excluding carboxylic acids is 1. The lowest BCUT2D eigenvalue weighted by atomic mass is 9.93. The molecular weight excluding hydrogens is 312 g/mol. The third-order valence-electron chi connectivity index (χ3n) is 4.93. The van der Waals surface area contributed by atoms with Gasteiger partial charge in [0.2, 0.25) is 5.91 Å². The Balaban J connectivity index is 1.51. The van der Waals surface area contributed by atoms with Crippen LogP contribution in [0.25, 0.3) is 0 Å². The number of methoxy groups -OCH3 is 1. The van der Waals surface area contributed by atoms with Gasteiger partial charge in [-0.05, 0) is 42.9 Å². The molecule has 1 heterocycles. The van der Waals surface area contributed by atoms with Crippen molar-refractivity contribution in [1.82, 2.24) is 10.2 Å². The summed E-state index contributed by atoms with van der Waals surface area (Å²) in [6.07, 6.45) is 3.19. The molecule has 2 unspecified atom stereocenters. The number of nitrogens with zero attached hydrogens (tertiary/aromatic N) is 1. The number of amides is 1. The molecule has 1 saturated heterocycles. The van der Waals surface area contributed by atoms with E-state index >= 15 is 0 Å². The summed E-state index contributed by atoms with van der Waals surface area (Å²) in [6.45, 7) is 4.76. The second-order valence-electron chi connectivity index (χ2n) is 6.78. The van der Waals surface area contributed by atoms with E-state index in [1.54, 1.807) is 7.11 Å². The van der Waals surface area contributed by atoms with Crippen LogP contribution in [0.2, 0.25) is 5.02 Å². The molecule has 2 atom stereocenters. The molecule has 1 N–H and O–H groups in total. The number of hydrogen-bond donors (Lipinski definition) is 1. The number of rotatable bonds is 5. The molecule has 1 aliphatic carbocycles. The van der Waals surface area contributed by atoms with Crippen LogP contribution in [0.1, 0.15) is 31.7 Å². The third-order valence-corrected chi connectivity index (χ3v) is 5.22. The van der Waals surface area contributed by atoms with Crippen LogP contribution in [0.5, 0.6) is 5.75 Å². The minimum absolute atomic E-state index is 0.327. The molecule has 0 aromatic heterocycles. The average molecular weight is 337 g/mol. The molecule has 1 aromatic rings. The van der Waals surface area contributed by atoms with Gasteiger partial charge in [0.05, 0.1) is 12.1 Å². The van der Waals surface area contributed by atoms with Crippen LogP contribution >= 0.6 is 11.6 Å². The maximum atomic E-state index is 12.2. The molecule has 3 rings (SSSR count). The van der Waals surface area contributed by atoms with Gasteiger partial charge in [0.15, 0.2) is 0 Å². The maximum Gasteiger partial charge on any atom is 0.225 e. The van der Waals surface area contributed by atoms with E-state index in [-0.39, 0.29) is 0 Å². The number of ether oxygens (including phenoxy) is 1. The van der Waals surface area contributed by atoms with E-state index in [0.29, 0.717) is 34.6 Å². The lowest BCUT2D eigenvalue weighted by Crippen LogP contribution is -2.50. The molecule has 23 heavy (non-hydrogen) atoms. The first-order valence-electron chi connectivity index (χ1n) is 8.43. The van der Waals surface area contributed by atoms with Crippen LogP contribution < -0.4 is 10.1 Å². The zero-order valence-electron chi connectivity index (χ0n) is 13.8. The fraction of sp³-hybridized carbons (Fsp3) is 0.611. The van der Waals surface area contributed by atoms with Crippen LogP contribution in [-0.4, -0.2) is 37.0 Å². The maximum absolute atomic E-state index is 12.2. The van der Waals surface area contributed by atoms with Gasteiger partial charge in [-0.2, -0.15) is 0 Å². The fourth-order valence-corrected chi connectivity index (χ4v) is 3.59. The molecule has 1 amide bonds. The van der Waals surface area contributed by atoms with Crippen molar-refractivity contribution in [3.8, 4) is 5.75 Å². The Morgan fingerprint density at radius 1 is 1.39 bits per heavy atom. The summed E-state index contributed by atoms with van der Waals surface area (Å²) >= 11 is 6.17. The summed E-state index contributed by atoms with van der Waals surface area (Å²) in [7, 11) is 1.62. The van der Waals surface area contributed by atoms with Gasteiger partial charge in [-0.15, -0.1) is 0 Å². The molecular formula is C18H25ClN2O2. The third kappa shape index (κ3) is 3.99. The van der Waals surface area contributed by atoms with Crippen LogP contribution in [0, 0.1) is 11.8 Å². The number of carbonyl (C=O) groups is 1. The van der Waals surface area contributed by atoms with Gasteiger partial charge < -0.3 is 15.0 Å². The summed E-state index contributed by atoms with van der Waals surface area (Å²) in [5.41, 5.74) is 1.15. The summed E-state index contributed by atoms with van der Waals surface area (Å²) in [4.78, 5) is 14.2. The lowest BCUT2D eigenvalue weighted by molar-refractivity contribution is -0.134. The van der Waals surface area contributed by atoms with Crippen LogP contribution in [0.4, 0.5) is 0 Å². The number of benzene rings is 1. The topological polar surface area (TPSA) is 41.6 Å². The van der Waals surface area contributed by atoms with Crippen LogP contribution in [0.15, 0.2) is 18.2 Å². The number of halogens is 1. The van der Waals surface area contributed by atoms with Crippen molar-refractivity contribution < 1.29 is 9.53 Å². The van der Waals surface area contributed by atoms with E-state index in [0.717, 1.165) is 44.5 Å². The molecule has 1 aromatic carbocycles. The lowest BCUT2D eigenvalue weighted by Gasteiger charge is -2.37. The predicted octanol–water partition coefficient (Wildman–Crippen LogP) is 3.09. The molecule has 1 saturated carbocycles. The highest BCUT2D eigenvalue weighted by Gasteiger charge is 2.36. The van der Waals surface area contributed by atoms with E-state index in [4.69, 9.17) is 16.3 Å². The molecule has 4 nitrogen and oxygen atoms in total. The number of hydrogen-bond acceptors (Lipinski definition) is 3.